The van der Waals surface area contributed by atoms with Crippen LogP contribution in [0.15, 0.2) is 12.2 Å². The maximum absolute atomic E-state index is 12.7. The molecule has 0 saturated heterocycles. The number of allylic oxidation sites excluding steroid dienone is 2. The number of unbranched alkanes of at least 4 members (excludes halogenated alkanes) is 37. The number of quaternary nitrogens is 1. The van der Waals surface area contributed by atoms with E-state index in [1.807, 2.05) is 21.1 Å². The van der Waals surface area contributed by atoms with E-state index in [4.69, 9.17) is 18.5 Å². The highest BCUT2D eigenvalue weighted by Crippen LogP contribution is 2.43. The number of hydrogen-bond donors (Lipinski definition) is 1. The lowest BCUT2D eigenvalue weighted by molar-refractivity contribution is -0.870. The number of hydrogen-bond acceptors (Lipinski definition) is 7. The second-order valence-corrected chi connectivity index (χ2v) is 22.1. The molecule has 0 aliphatic rings. The van der Waals surface area contributed by atoms with Gasteiger partial charge in [-0.15, -0.1) is 0 Å². The molecule has 2 unspecified atom stereocenters. The SMILES string of the molecule is CCC/C=C\CCCCCCCC(=O)OC(COC(=O)CCCCCCCCCCCCCCCCCCCCCCCCCCCCCCCCCC)COP(=O)(O)OCC[N+](C)(C)C. The Kier molecular flexibility index (Phi) is 47.8. The van der Waals surface area contributed by atoms with Crippen molar-refractivity contribution in [2.45, 2.75) is 290 Å². The van der Waals surface area contributed by atoms with Crippen LogP contribution in [-0.2, 0) is 32.7 Å². The Hall–Kier alpha value is -1.25. The molecule has 10 heteroatoms. The van der Waals surface area contributed by atoms with Crippen LogP contribution in [0.5, 0.6) is 0 Å². The molecule has 0 aliphatic heterocycles. The third-order valence-electron chi connectivity index (χ3n) is 12.8. The molecule has 0 aliphatic carbocycles. The number of phosphoric acid groups is 1. The van der Waals surface area contributed by atoms with E-state index in [0.29, 0.717) is 23.9 Å². The third kappa shape index (κ3) is 52.1. The van der Waals surface area contributed by atoms with Crippen LogP contribution in [0.4, 0.5) is 0 Å². The standard InChI is InChI=1S/C56H110NO8P/c1-6-8-10-12-14-16-18-19-20-21-22-23-24-25-26-27-28-29-30-31-32-33-34-35-36-37-38-39-41-42-44-46-48-55(58)62-52-54(53-64-66(60,61)63-51-50-57(3,4)5)65-56(59)49-47-45-43-40-17-15-13-11-9-7-2/h11,13,54H,6-10,12,14-53H2,1-5H3/p+1/b13-11-. The van der Waals surface area contributed by atoms with Gasteiger partial charge in [0, 0.05) is 12.8 Å². The maximum atomic E-state index is 12.7. The van der Waals surface area contributed by atoms with Gasteiger partial charge in [-0.3, -0.25) is 18.6 Å². The lowest BCUT2D eigenvalue weighted by Gasteiger charge is -2.24. The summed E-state index contributed by atoms with van der Waals surface area (Å²) in [5.41, 5.74) is 0. The number of ether oxygens (including phenoxy) is 2. The summed E-state index contributed by atoms with van der Waals surface area (Å²) in [4.78, 5) is 35.4. The number of carbonyl (C=O) groups excluding carboxylic acids is 2. The van der Waals surface area contributed by atoms with Crippen LogP contribution in [0.25, 0.3) is 0 Å². The summed E-state index contributed by atoms with van der Waals surface area (Å²) in [5.74, 6) is -0.797. The van der Waals surface area contributed by atoms with E-state index in [1.165, 1.54) is 193 Å². The van der Waals surface area contributed by atoms with Crippen molar-refractivity contribution in [3.8, 4) is 0 Å². The van der Waals surface area contributed by atoms with Crippen LogP contribution in [0.2, 0.25) is 0 Å². The van der Waals surface area contributed by atoms with Gasteiger partial charge in [0.15, 0.2) is 6.10 Å². The molecule has 0 aromatic heterocycles. The average molecular weight is 957 g/mol. The van der Waals surface area contributed by atoms with Gasteiger partial charge in [-0.2, -0.15) is 0 Å². The molecule has 0 spiro atoms. The van der Waals surface area contributed by atoms with Crippen molar-refractivity contribution in [3.05, 3.63) is 12.2 Å². The average Bonchev–Trinajstić information content (AvgIpc) is 3.27. The minimum Gasteiger partial charge on any atom is -0.462 e. The molecule has 0 heterocycles. The fourth-order valence-corrected chi connectivity index (χ4v) is 9.12. The quantitative estimate of drug-likeness (QED) is 0.0211. The van der Waals surface area contributed by atoms with Gasteiger partial charge in [-0.25, -0.2) is 4.57 Å². The van der Waals surface area contributed by atoms with Gasteiger partial charge >= 0.3 is 19.8 Å². The molecule has 0 aromatic carbocycles. The van der Waals surface area contributed by atoms with E-state index in [1.54, 1.807) is 0 Å². The van der Waals surface area contributed by atoms with Gasteiger partial charge in [-0.1, -0.05) is 251 Å². The highest BCUT2D eigenvalue weighted by atomic mass is 31.2. The molecule has 66 heavy (non-hydrogen) atoms. The summed E-state index contributed by atoms with van der Waals surface area (Å²) in [5, 5.41) is 0. The summed E-state index contributed by atoms with van der Waals surface area (Å²) in [7, 11) is 1.48. The Balaban J connectivity index is 3.88. The van der Waals surface area contributed by atoms with Crippen LogP contribution in [0.3, 0.4) is 0 Å². The highest BCUT2D eigenvalue weighted by molar-refractivity contribution is 7.47. The summed E-state index contributed by atoms with van der Waals surface area (Å²) >= 11 is 0. The predicted molar refractivity (Wildman–Crippen MR) is 280 cm³/mol. The molecule has 9 nitrogen and oxygen atoms in total. The van der Waals surface area contributed by atoms with Gasteiger partial charge in [0.05, 0.1) is 27.7 Å². The molecule has 0 radical (unpaired) electrons. The molecular formula is C56H111NO8P+. The highest BCUT2D eigenvalue weighted by Gasteiger charge is 2.27. The van der Waals surface area contributed by atoms with Crippen molar-refractivity contribution in [1.29, 1.82) is 0 Å². The molecule has 0 fully saturated rings. The normalized spacial score (nSPS) is 13.4. The third-order valence-corrected chi connectivity index (χ3v) is 13.8. The first kappa shape index (κ1) is 64.8. The second kappa shape index (κ2) is 48.8. The first-order valence-electron chi connectivity index (χ1n) is 28.4. The molecule has 0 rings (SSSR count). The van der Waals surface area contributed by atoms with Crippen molar-refractivity contribution in [2.24, 2.45) is 0 Å². The fraction of sp³-hybridized carbons (Fsp3) is 0.929. The van der Waals surface area contributed by atoms with E-state index in [-0.39, 0.29) is 25.6 Å². The molecular weight excluding hydrogens is 846 g/mol. The number of rotatable bonds is 53. The summed E-state index contributed by atoms with van der Waals surface area (Å²) in [6.07, 6.45) is 56.1. The van der Waals surface area contributed by atoms with Crippen molar-refractivity contribution >= 4 is 19.8 Å². The molecule has 0 saturated carbocycles. The zero-order valence-electron chi connectivity index (χ0n) is 44.5. The fourth-order valence-electron chi connectivity index (χ4n) is 8.37. The number of esters is 2. The van der Waals surface area contributed by atoms with Crippen LogP contribution in [0.1, 0.15) is 284 Å². The summed E-state index contributed by atoms with van der Waals surface area (Å²) < 4.78 is 34.4. The van der Waals surface area contributed by atoms with Crippen molar-refractivity contribution in [2.75, 3.05) is 47.5 Å². The topological polar surface area (TPSA) is 108 Å². The first-order chi connectivity index (χ1) is 32.0. The number of likely N-dealkylation sites (N-methyl/N-ethyl adjacent to an activating group) is 1. The number of phosphoric ester groups is 1. The Morgan fingerprint density at radius 2 is 0.803 bits per heavy atom. The smallest absolute Gasteiger partial charge is 0.462 e. The Morgan fingerprint density at radius 1 is 0.455 bits per heavy atom. The minimum atomic E-state index is -4.37. The van der Waals surface area contributed by atoms with E-state index in [2.05, 4.69) is 26.0 Å². The lowest BCUT2D eigenvalue weighted by Crippen LogP contribution is -2.37. The summed E-state index contributed by atoms with van der Waals surface area (Å²) in [6, 6.07) is 0. The molecule has 0 bridgehead atoms. The van der Waals surface area contributed by atoms with Gasteiger partial charge in [-0.05, 0) is 32.1 Å². The zero-order chi connectivity index (χ0) is 48.5. The van der Waals surface area contributed by atoms with Gasteiger partial charge in [0.2, 0.25) is 0 Å². The van der Waals surface area contributed by atoms with Gasteiger partial charge < -0.3 is 18.9 Å². The molecule has 1 N–H and O–H groups in total. The van der Waals surface area contributed by atoms with E-state index in [9.17, 15) is 19.0 Å². The predicted octanol–water partition coefficient (Wildman–Crippen LogP) is 17.3. The minimum absolute atomic E-state index is 0.0332. The zero-order valence-corrected chi connectivity index (χ0v) is 45.4. The largest absolute Gasteiger partial charge is 0.472 e. The van der Waals surface area contributed by atoms with Crippen molar-refractivity contribution < 1.29 is 42.1 Å². The molecule has 0 aromatic rings. The van der Waals surface area contributed by atoms with Crippen LogP contribution in [-0.4, -0.2) is 74.9 Å². The first-order valence-corrected chi connectivity index (χ1v) is 29.9. The van der Waals surface area contributed by atoms with E-state index < -0.39 is 26.5 Å². The molecule has 392 valence electrons. The van der Waals surface area contributed by atoms with Gasteiger partial charge in [0.1, 0.15) is 19.8 Å². The van der Waals surface area contributed by atoms with E-state index >= 15 is 0 Å². The molecule has 0 amide bonds. The van der Waals surface area contributed by atoms with Crippen LogP contribution < -0.4 is 0 Å². The molecule has 2 atom stereocenters. The van der Waals surface area contributed by atoms with Crippen molar-refractivity contribution in [1.82, 2.24) is 0 Å². The van der Waals surface area contributed by atoms with E-state index in [0.717, 1.165) is 57.8 Å². The maximum Gasteiger partial charge on any atom is 0.472 e. The van der Waals surface area contributed by atoms with Crippen LogP contribution in [0, 0.1) is 0 Å². The van der Waals surface area contributed by atoms with Gasteiger partial charge in [0.25, 0.3) is 0 Å². The van der Waals surface area contributed by atoms with Crippen LogP contribution >= 0.6 is 7.82 Å². The Morgan fingerprint density at radius 3 is 1.18 bits per heavy atom. The Bertz CT molecular complexity index is 1130. The monoisotopic (exact) mass is 957 g/mol. The number of carbonyl (C=O) groups is 2. The Labute approximate surface area is 409 Å². The van der Waals surface area contributed by atoms with Crippen molar-refractivity contribution in [3.63, 3.8) is 0 Å². The lowest BCUT2D eigenvalue weighted by atomic mass is 10.0. The number of nitrogens with zero attached hydrogens (tertiary/aromatic N) is 1. The second-order valence-electron chi connectivity index (χ2n) is 20.7. The summed E-state index contributed by atoms with van der Waals surface area (Å²) in [6.45, 7) is 4.39.